The lowest BCUT2D eigenvalue weighted by atomic mass is 10.2. The van der Waals surface area contributed by atoms with Crippen LogP contribution in [0.3, 0.4) is 0 Å². The van der Waals surface area contributed by atoms with Crippen molar-refractivity contribution in [3.63, 3.8) is 0 Å². The second kappa shape index (κ2) is 5.56. The van der Waals surface area contributed by atoms with Crippen molar-refractivity contribution in [2.75, 3.05) is 5.73 Å². The van der Waals surface area contributed by atoms with E-state index in [0.717, 1.165) is 30.8 Å². The van der Waals surface area contributed by atoms with Gasteiger partial charge in [0.05, 0.1) is 18.2 Å². The number of hydrogen-bond acceptors (Lipinski definition) is 4. The van der Waals surface area contributed by atoms with Gasteiger partial charge in [0.1, 0.15) is 0 Å². The lowest BCUT2D eigenvalue weighted by Gasteiger charge is -2.09. The lowest BCUT2D eigenvalue weighted by Crippen LogP contribution is -2.05. The summed E-state index contributed by atoms with van der Waals surface area (Å²) < 4.78 is 4.02. The first-order valence-electron chi connectivity index (χ1n) is 6.52. The van der Waals surface area contributed by atoms with Crippen LogP contribution in [0.5, 0.6) is 0 Å². The fraction of sp³-hybridized carbons (Fsp3) is 0.214. The number of nitrogens with zero attached hydrogens (tertiary/aromatic N) is 5. The highest BCUT2D eigenvalue weighted by molar-refractivity contribution is 5.72. The van der Waals surface area contributed by atoms with E-state index < -0.39 is 0 Å². The van der Waals surface area contributed by atoms with Crippen LogP contribution in [-0.2, 0) is 13.1 Å². The first kappa shape index (κ1) is 12.4. The number of nitrogens with two attached hydrogens (primary N) is 1. The molecular formula is C14H16N6. The molecule has 3 heterocycles. The predicted molar refractivity (Wildman–Crippen MR) is 76.7 cm³/mol. The average Bonchev–Trinajstić information content (AvgIpc) is 3.11. The molecule has 6 heteroatoms. The van der Waals surface area contributed by atoms with Gasteiger partial charge in [-0.1, -0.05) is 0 Å². The molecule has 0 aliphatic rings. The van der Waals surface area contributed by atoms with E-state index in [0.29, 0.717) is 5.69 Å². The van der Waals surface area contributed by atoms with Crippen LogP contribution in [-0.4, -0.2) is 24.3 Å². The fourth-order valence-corrected chi connectivity index (χ4v) is 2.18. The largest absolute Gasteiger partial charge is 0.398 e. The van der Waals surface area contributed by atoms with Gasteiger partial charge in [-0.25, -0.2) is 4.98 Å². The molecule has 3 rings (SSSR count). The number of anilines is 1. The zero-order valence-corrected chi connectivity index (χ0v) is 11.1. The van der Waals surface area contributed by atoms with Crippen molar-refractivity contribution < 1.29 is 0 Å². The molecule has 0 aliphatic carbocycles. The van der Waals surface area contributed by atoms with Gasteiger partial charge in [0.2, 0.25) is 0 Å². The minimum atomic E-state index is 0.717. The number of pyridine rings is 1. The van der Waals surface area contributed by atoms with Crippen molar-refractivity contribution in [2.24, 2.45) is 0 Å². The Bertz CT molecular complexity index is 671. The summed E-state index contributed by atoms with van der Waals surface area (Å²) in [6.45, 7) is 1.75. The van der Waals surface area contributed by atoms with Gasteiger partial charge in [0.15, 0.2) is 0 Å². The third kappa shape index (κ3) is 2.54. The highest BCUT2D eigenvalue weighted by atomic mass is 15.3. The van der Waals surface area contributed by atoms with Gasteiger partial charge < -0.3 is 10.3 Å². The zero-order valence-electron chi connectivity index (χ0n) is 11.1. The molecule has 3 aromatic heterocycles. The Morgan fingerprint density at radius 1 is 1.10 bits per heavy atom. The minimum Gasteiger partial charge on any atom is -0.398 e. The number of nitrogen functional groups attached to an aromatic ring is 1. The van der Waals surface area contributed by atoms with E-state index in [1.807, 2.05) is 29.5 Å². The molecule has 0 amide bonds. The number of hydrogen-bond donors (Lipinski definition) is 1. The lowest BCUT2D eigenvalue weighted by molar-refractivity contribution is 0.528. The van der Waals surface area contributed by atoms with Crippen LogP contribution in [0, 0.1) is 0 Å². The summed E-state index contributed by atoms with van der Waals surface area (Å²) >= 11 is 0. The maximum atomic E-state index is 5.99. The van der Waals surface area contributed by atoms with E-state index in [-0.39, 0.29) is 0 Å². The summed E-state index contributed by atoms with van der Waals surface area (Å²) in [5, 5.41) is 4.19. The molecule has 0 saturated heterocycles. The molecule has 0 radical (unpaired) electrons. The van der Waals surface area contributed by atoms with Gasteiger partial charge in [-0.05, 0) is 18.6 Å². The summed E-state index contributed by atoms with van der Waals surface area (Å²) in [5.74, 6) is 0. The van der Waals surface area contributed by atoms with Crippen molar-refractivity contribution in [1.29, 1.82) is 0 Å². The Kier molecular flexibility index (Phi) is 3.45. The normalized spacial score (nSPS) is 10.8. The van der Waals surface area contributed by atoms with Crippen LogP contribution in [0.1, 0.15) is 6.42 Å². The number of imidazole rings is 1. The summed E-state index contributed by atoms with van der Waals surface area (Å²) in [5.41, 5.74) is 8.62. The maximum absolute atomic E-state index is 5.99. The van der Waals surface area contributed by atoms with E-state index in [4.69, 9.17) is 5.73 Å². The Morgan fingerprint density at radius 2 is 2.05 bits per heavy atom. The summed E-state index contributed by atoms with van der Waals surface area (Å²) in [7, 11) is 0. The van der Waals surface area contributed by atoms with Gasteiger partial charge in [-0.15, -0.1) is 0 Å². The van der Waals surface area contributed by atoms with Crippen LogP contribution in [0.25, 0.3) is 11.3 Å². The Hall–Kier alpha value is -2.63. The van der Waals surface area contributed by atoms with Crippen molar-refractivity contribution in [3.05, 3.63) is 49.4 Å². The molecule has 6 nitrogen and oxygen atoms in total. The number of aryl methyl sites for hydroxylation is 2. The highest BCUT2D eigenvalue weighted by Crippen LogP contribution is 2.24. The highest BCUT2D eigenvalue weighted by Gasteiger charge is 2.08. The molecule has 3 aromatic rings. The van der Waals surface area contributed by atoms with E-state index >= 15 is 0 Å². The molecule has 20 heavy (non-hydrogen) atoms. The van der Waals surface area contributed by atoms with Crippen molar-refractivity contribution in [2.45, 2.75) is 19.5 Å². The van der Waals surface area contributed by atoms with Crippen LogP contribution in [0.4, 0.5) is 5.69 Å². The van der Waals surface area contributed by atoms with Crippen LogP contribution < -0.4 is 5.73 Å². The molecule has 102 valence electrons. The van der Waals surface area contributed by atoms with E-state index in [1.54, 1.807) is 24.7 Å². The van der Waals surface area contributed by atoms with Gasteiger partial charge in [-0.2, -0.15) is 5.10 Å². The SMILES string of the molecule is Nc1ccncc1-c1cncn1CCCn1cccn1. The second-order valence-corrected chi connectivity index (χ2v) is 4.56. The zero-order chi connectivity index (χ0) is 13.8. The number of aromatic nitrogens is 5. The van der Waals surface area contributed by atoms with Crippen LogP contribution >= 0.6 is 0 Å². The van der Waals surface area contributed by atoms with E-state index in [2.05, 4.69) is 19.6 Å². The van der Waals surface area contributed by atoms with Crippen molar-refractivity contribution in [3.8, 4) is 11.3 Å². The smallest absolute Gasteiger partial charge is 0.0950 e. The van der Waals surface area contributed by atoms with Gasteiger partial charge in [0, 0.05) is 49.1 Å². The molecule has 2 N–H and O–H groups in total. The quantitative estimate of drug-likeness (QED) is 0.766. The summed E-state index contributed by atoms with van der Waals surface area (Å²) in [4.78, 5) is 8.34. The Balaban J connectivity index is 1.72. The molecule has 0 spiro atoms. The maximum Gasteiger partial charge on any atom is 0.0950 e. The summed E-state index contributed by atoms with van der Waals surface area (Å²) in [6.07, 6.45) is 11.8. The van der Waals surface area contributed by atoms with E-state index in [9.17, 15) is 0 Å². The van der Waals surface area contributed by atoms with Gasteiger partial charge in [-0.3, -0.25) is 9.67 Å². The molecule has 0 unspecified atom stereocenters. The standard InChI is InChI=1S/C14H16N6/c15-13-3-5-16-9-12(13)14-10-17-11-19(14)6-2-8-20-7-1-4-18-20/h1,3-5,7,9-11H,2,6,8H2,(H2,15,16). The first-order valence-corrected chi connectivity index (χ1v) is 6.52. The fourth-order valence-electron chi connectivity index (χ4n) is 2.18. The molecule has 0 bridgehead atoms. The Labute approximate surface area is 116 Å². The molecule has 0 fully saturated rings. The molecule has 0 saturated carbocycles. The monoisotopic (exact) mass is 268 g/mol. The number of rotatable bonds is 5. The van der Waals surface area contributed by atoms with Crippen molar-refractivity contribution in [1.82, 2.24) is 24.3 Å². The molecular weight excluding hydrogens is 252 g/mol. The Morgan fingerprint density at radius 3 is 2.85 bits per heavy atom. The van der Waals surface area contributed by atoms with E-state index in [1.165, 1.54) is 0 Å². The van der Waals surface area contributed by atoms with Crippen molar-refractivity contribution >= 4 is 5.69 Å². The molecule has 0 atom stereocenters. The molecule has 0 aromatic carbocycles. The second-order valence-electron chi connectivity index (χ2n) is 4.56. The topological polar surface area (TPSA) is 74.5 Å². The molecule has 0 aliphatic heterocycles. The van der Waals surface area contributed by atoms with Gasteiger partial charge in [0.25, 0.3) is 0 Å². The predicted octanol–water partition coefficient (Wildman–Crippen LogP) is 1.81. The van der Waals surface area contributed by atoms with Crippen LogP contribution in [0.2, 0.25) is 0 Å². The van der Waals surface area contributed by atoms with Gasteiger partial charge >= 0.3 is 0 Å². The summed E-state index contributed by atoms with van der Waals surface area (Å²) in [6, 6.07) is 3.73. The minimum absolute atomic E-state index is 0.717. The third-order valence-corrected chi connectivity index (χ3v) is 3.19. The first-order chi connectivity index (χ1) is 9.84. The average molecular weight is 268 g/mol. The third-order valence-electron chi connectivity index (χ3n) is 3.19. The van der Waals surface area contributed by atoms with Crippen LogP contribution in [0.15, 0.2) is 49.4 Å².